The van der Waals surface area contributed by atoms with Gasteiger partial charge in [-0.3, -0.25) is 9.59 Å². The van der Waals surface area contributed by atoms with Crippen molar-refractivity contribution in [2.24, 2.45) is 17.8 Å². The summed E-state index contributed by atoms with van der Waals surface area (Å²) in [6.45, 7) is 1.98. The molecule has 4 nitrogen and oxygen atoms in total. The lowest BCUT2D eigenvalue weighted by molar-refractivity contribution is -0.150. The van der Waals surface area contributed by atoms with Gasteiger partial charge < -0.3 is 10.0 Å². The van der Waals surface area contributed by atoms with E-state index in [1.54, 1.807) is 6.92 Å². The molecule has 1 N–H and O–H groups in total. The Morgan fingerprint density at radius 3 is 1.95 bits per heavy atom. The topological polar surface area (TPSA) is 57.6 Å². The Balaban J connectivity index is 1.81. The summed E-state index contributed by atoms with van der Waals surface area (Å²) in [5.74, 6) is 1.58. The molecule has 4 saturated carbocycles. The Labute approximate surface area is 114 Å². The van der Waals surface area contributed by atoms with E-state index in [0.29, 0.717) is 6.54 Å². The molecule has 4 bridgehead atoms. The minimum atomic E-state index is -0.809. The summed E-state index contributed by atoms with van der Waals surface area (Å²) in [7, 11) is 0. The van der Waals surface area contributed by atoms with Gasteiger partial charge in [-0.1, -0.05) is 0 Å². The Bertz CT molecular complexity index is 369. The Morgan fingerprint density at radius 2 is 1.58 bits per heavy atom. The molecule has 4 heteroatoms. The number of carbonyl (C=O) groups is 2. The minimum absolute atomic E-state index is 0.00394. The molecule has 0 radical (unpaired) electrons. The molecule has 4 rings (SSSR count). The van der Waals surface area contributed by atoms with E-state index in [4.69, 9.17) is 5.11 Å². The molecule has 106 valence electrons. The van der Waals surface area contributed by atoms with Crippen molar-refractivity contribution < 1.29 is 14.7 Å². The monoisotopic (exact) mass is 265 g/mol. The summed E-state index contributed by atoms with van der Waals surface area (Å²) in [4.78, 5) is 24.7. The molecule has 0 atom stereocenters. The summed E-state index contributed by atoms with van der Waals surface area (Å²) in [5.41, 5.74) is -0.00394. The standard InChI is InChI=1S/C15H23NO3/c1-10(17)16(3-2-14(18)19)15-7-11-4-12(8-15)6-13(5-11)9-15/h11-13H,2-9H2,1H3,(H,18,19). The summed E-state index contributed by atoms with van der Waals surface area (Å²) in [6.07, 6.45) is 7.41. The zero-order valence-electron chi connectivity index (χ0n) is 11.6. The smallest absolute Gasteiger partial charge is 0.305 e. The molecule has 0 aromatic carbocycles. The van der Waals surface area contributed by atoms with Gasteiger partial charge in [0, 0.05) is 19.0 Å². The van der Waals surface area contributed by atoms with Crippen LogP contribution in [-0.2, 0) is 9.59 Å². The van der Waals surface area contributed by atoms with E-state index in [-0.39, 0.29) is 17.9 Å². The van der Waals surface area contributed by atoms with Gasteiger partial charge in [0.25, 0.3) is 0 Å². The lowest BCUT2D eigenvalue weighted by Crippen LogP contribution is -2.61. The molecule has 0 heterocycles. The number of amides is 1. The fourth-order valence-corrected chi connectivity index (χ4v) is 5.33. The first-order chi connectivity index (χ1) is 8.98. The number of carboxylic acids is 1. The van der Waals surface area contributed by atoms with Crippen LogP contribution < -0.4 is 0 Å². The van der Waals surface area contributed by atoms with Crippen LogP contribution in [0.2, 0.25) is 0 Å². The highest BCUT2D eigenvalue weighted by Crippen LogP contribution is 2.57. The van der Waals surface area contributed by atoms with Crippen LogP contribution in [0.5, 0.6) is 0 Å². The number of hydrogen-bond acceptors (Lipinski definition) is 2. The zero-order chi connectivity index (χ0) is 13.6. The Kier molecular flexibility index (Phi) is 3.06. The van der Waals surface area contributed by atoms with E-state index in [0.717, 1.165) is 37.0 Å². The predicted octanol–water partition coefficient (Wildman–Crippen LogP) is 2.28. The summed E-state index contributed by atoms with van der Waals surface area (Å²) < 4.78 is 0. The van der Waals surface area contributed by atoms with Gasteiger partial charge >= 0.3 is 5.97 Å². The fraction of sp³-hybridized carbons (Fsp3) is 0.867. The van der Waals surface area contributed by atoms with Gasteiger partial charge in [-0.25, -0.2) is 0 Å². The molecule has 4 aliphatic carbocycles. The molecule has 0 spiro atoms. The summed E-state index contributed by atoms with van der Waals surface area (Å²) >= 11 is 0. The fourth-order valence-electron chi connectivity index (χ4n) is 5.33. The highest BCUT2D eigenvalue weighted by atomic mass is 16.4. The normalized spacial score (nSPS) is 39.3. The molecule has 19 heavy (non-hydrogen) atoms. The average molecular weight is 265 g/mol. The van der Waals surface area contributed by atoms with Gasteiger partial charge in [-0.15, -0.1) is 0 Å². The molecule has 0 aliphatic heterocycles. The molecule has 4 aliphatic rings. The van der Waals surface area contributed by atoms with Crippen molar-refractivity contribution in [1.82, 2.24) is 4.90 Å². The molecule has 0 aromatic rings. The number of aliphatic carboxylic acids is 1. The minimum Gasteiger partial charge on any atom is -0.481 e. The van der Waals surface area contributed by atoms with Crippen LogP contribution in [0.3, 0.4) is 0 Å². The third kappa shape index (κ3) is 2.26. The second kappa shape index (κ2) is 4.50. The Hall–Kier alpha value is -1.06. The van der Waals surface area contributed by atoms with Crippen LogP contribution in [0.15, 0.2) is 0 Å². The van der Waals surface area contributed by atoms with Gasteiger partial charge in [0.2, 0.25) is 5.91 Å². The van der Waals surface area contributed by atoms with Gasteiger partial charge in [0.05, 0.1) is 6.42 Å². The first kappa shape index (κ1) is 12.9. The van der Waals surface area contributed by atoms with Crippen molar-refractivity contribution in [1.29, 1.82) is 0 Å². The second-order valence-electron chi connectivity index (χ2n) is 6.96. The van der Waals surface area contributed by atoms with Crippen LogP contribution >= 0.6 is 0 Å². The lowest BCUT2D eigenvalue weighted by atomic mass is 9.52. The highest BCUT2D eigenvalue weighted by Gasteiger charge is 2.54. The Morgan fingerprint density at radius 1 is 1.11 bits per heavy atom. The van der Waals surface area contributed by atoms with E-state index < -0.39 is 5.97 Å². The summed E-state index contributed by atoms with van der Waals surface area (Å²) in [6, 6.07) is 0. The van der Waals surface area contributed by atoms with Crippen LogP contribution in [0.25, 0.3) is 0 Å². The largest absolute Gasteiger partial charge is 0.481 e. The van der Waals surface area contributed by atoms with Crippen molar-refractivity contribution in [3.05, 3.63) is 0 Å². The highest BCUT2D eigenvalue weighted by molar-refractivity contribution is 5.75. The van der Waals surface area contributed by atoms with E-state index in [1.807, 2.05) is 4.90 Å². The SMILES string of the molecule is CC(=O)N(CCC(=O)O)C12CC3CC(CC(C3)C1)C2. The molecular formula is C15H23NO3. The van der Waals surface area contributed by atoms with E-state index in [1.165, 1.54) is 19.3 Å². The van der Waals surface area contributed by atoms with E-state index in [2.05, 4.69) is 0 Å². The quantitative estimate of drug-likeness (QED) is 0.848. The van der Waals surface area contributed by atoms with Gasteiger partial charge in [-0.05, 0) is 56.3 Å². The number of hydrogen-bond donors (Lipinski definition) is 1. The maximum absolute atomic E-state index is 12.0. The first-order valence-electron chi connectivity index (χ1n) is 7.48. The van der Waals surface area contributed by atoms with Crippen molar-refractivity contribution in [2.75, 3.05) is 6.54 Å². The molecule has 0 unspecified atom stereocenters. The van der Waals surface area contributed by atoms with Gasteiger partial charge in [0.15, 0.2) is 0 Å². The maximum Gasteiger partial charge on any atom is 0.305 e. The summed E-state index contributed by atoms with van der Waals surface area (Å²) in [5, 5.41) is 8.89. The van der Waals surface area contributed by atoms with Crippen LogP contribution in [0.1, 0.15) is 51.9 Å². The third-order valence-corrected chi connectivity index (χ3v) is 5.51. The number of nitrogens with zero attached hydrogens (tertiary/aromatic N) is 1. The maximum atomic E-state index is 12.0. The van der Waals surface area contributed by atoms with E-state index >= 15 is 0 Å². The van der Waals surface area contributed by atoms with E-state index in [9.17, 15) is 9.59 Å². The lowest BCUT2D eigenvalue weighted by Gasteiger charge is -2.60. The number of carbonyl (C=O) groups excluding carboxylic acids is 1. The van der Waals surface area contributed by atoms with Crippen molar-refractivity contribution in [3.63, 3.8) is 0 Å². The predicted molar refractivity (Wildman–Crippen MR) is 70.5 cm³/mol. The van der Waals surface area contributed by atoms with Crippen LogP contribution in [0.4, 0.5) is 0 Å². The van der Waals surface area contributed by atoms with Crippen molar-refractivity contribution >= 4 is 11.9 Å². The molecule has 1 amide bonds. The second-order valence-corrected chi connectivity index (χ2v) is 6.96. The third-order valence-electron chi connectivity index (χ3n) is 5.51. The first-order valence-corrected chi connectivity index (χ1v) is 7.48. The van der Waals surface area contributed by atoms with Crippen molar-refractivity contribution in [3.8, 4) is 0 Å². The zero-order valence-corrected chi connectivity index (χ0v) is 11.6. The van der Waals surface area contributed by atoms with Gasteiger partial charge in [0.1, 0.15) is 0 Å². The molecule has 0 aromatic heterocycles. The molecule has 4 fully saturated rings. The van der Waals surface area contributed by atoms with Crippen LogP contribution in [0, 0.1) is 17.8 Å². The van der Waals surface area contributed by atoms with Crippen LogP contribution in [-0.4, -0.2) is 34.0 Å². The average Bonchev–Trinajstić information content (AvgIpc) is 2.25. The number of carboxylic acid groups (broad SMARTS) is 1. The van der Waals surface area contributed by atoms with Gasteiger partial charge in [-0.2, -0.15) is 0 Å². The van der Waals surface area contributed by atoms with Crippen molar-refractivity contribution in [2.45, 2.75) is 57.4 Å². The molecular weight excluding hydrogens is 242 g/mol. The number of rotatable bonds is 4. The molecule has 0 saturated heterocycles.